The Bertz CT molecular complexity index is 591. The molecule has 0 aliphatic heterocycles. The molecule has 0 spiro atoms. The highest BCUT2D eigenvalue weighted by Crippen LogP contribution is 2.32. The summed E-state index contributed by atoms with van der Waals surface area (Å²) in [4.78, 5) is 4.04. The Labute approximate surface area is 130 Å². The number of ether oxygens (including phenoxy) is 1. The van der Waals surface area contributed by atoms with Crippen LogP contribution in [0.3, 0.4) is 0 Å². The molecule has 4 nitrogen and oxygen atoms in total. The average molecular weight is 309 g/mol. The van der Waals surface area contributed by atoms with Gasteiger partial charge in [0.05, 0.1) is 6.33 Å². The summed E-state index contributed by atoms with van der Waals surface area (Å²) in [5.74, 6) is 0.696. The smallest absolute Gasteiger partial charge is 0.203 e. The number of aryl methyl sites for hydroxylation is 1. The van der Waals surface area contributed by atoms with Crippen molar-refractivity contribution in [2.45, 2.75) is 40.0 Å². The molecule has 2 atom stereocenters. The average Bonchev–Trinajstić information content (AvgIpc) is 2.90. The number of hydrogen-bond acceptors (Lipinski definition) is 3. The summed E-state index contributed by atoms with van der Waals surface area (Å²) in [6.45, 7) is 7.84. The van der Waals surface area contributed by atoms with Crippen LogP contribution in [0.4, 0.5) is 0 Å². The second kappa shape index (κ2) is 6.08. The van der Waals surface area contributed by atoms with Crippen LogP contribution in [0.25, 0.3) is 0 Å². The summed E-state index contributed by atoms with van der Waals surface area (Å²) in [6, 6.07) is 5.43. The van der Waals surface area contributed by atoms with Crippen LogP contribution >= 0.6 is 11.6 Å². The maximum absolute atomic E-state index is 10.6. The van der Waals surface area contributed by atoms with Gasteiger partial charge in [0.1, 0.15) is 11.9 Å². The zero-order valence-electron chi connectivity index (χ0n) is 12.7. The molecule has 0 bridgehead atoms. The van der Waals surface area contributed by atoms with Gasteiger partial charge in [-0.1, -0.05) is 32.4 Å². The Morgan fingerprint density at radius 3 is 2.57 bits per heavy atom. The predicted octanol–water partition coefficient (Wildman–Crippen LogP) is 3.83. The number of halogens is 1. The highest BCUT2D eigenvalue weighted by molar-refractivity contribution is 6.30. The fraction of sp³-hybridized carbons (Fsp3) is 0.438. The standard InChI is InChI=1S/C16H21ClN2O2/c1-11-9-12(17)5-6-13(11)21-15(14(20)16(2,3)4)19-8-7-18-10-19/h5-10,14-15,20H,1-4H3. The maximum Gasteiger partial charge on any atom is 0.203 e. The van der Waals surface area contributed by atoms with E-state index in [0.29, 0.717) is 10.8 Å². The zero-order chi connectivity index (χ0) is 15.6. The van der Waals surface area contributed by atoms with Crippen LogP contribution in [0.5, 0.6) is 5.75 Å². The van der Waals surface area contributed by atoms with Crippen LogP contribution in [0.1, 0.15) is 32.6 Å². The van der Waals surface area contributed by atoms with E-state index in [-0.39, 0.29) is 5.41 Å². The number of imidazole rings is 1. The van der Waals surface area contributed by atoms with E-state index in [9.17, 15) is 5.11 Å². The number of hydrogen-bond donors (Lipinski definition) is 1. The first-order valence-electron chi connectivity index (χ1n) is 6.87. The van der Waals surface area contributed by atoms with Crippen molar-refractivity contribution < 1.29 is 9.84 Å². The lowest BCUT2D eigenvalue weighted by Crippen LogP contribution is -2.38. The van der Waals surface area contributed by atoms with Crippen molar-refractivity contribution in [1.29, 1.82) is 0 Å². The zero-order valence-corrected chi connectivity index (χ0v) is 13.5. The molecule has 0 saturated heterocycles. The number of nitrogens with zero attached hydrogens (tertiary/aromatic N) is 2. The maximum atomic E-state index is 10.6. The first kappa shape index (κ1) is 15.9. The van der Waals surface area contributed by atoms with E-state index in [1.807, 2.05) is 39.8 Å². The van der Waals surface area contributed by atoms with Gasteiger partial charge in [0, 0.05) is 17.4 Å². The van der Waals surface area contributed by atoms with E-state index in [1.165, 1.54) is 0 Å². The lowest BCUT2D eigenvalue weighted by atomic mass is 9.88. The third-order valence-corrected chi connectivity index (χ3v) is 3.60. The van der Waals surface area contributed by atoms with Crippen LogP contribution in [0.15, 0.2) is 36.9 Å². The van der Waals surface area contributed by atoms with E-state index in [4.69, 9.17) is 16.3 Å². The quantitative estimate of drug-likeness (QED) is 0.933. The second-order valence-corrected chi connectivity index (χ2v) is 6.68. The molecule has 1 heterocycles. The van der Waals surface area contributed by atoms with Gasteiger partial charge in [0.25, 0.3) is 0 Å². The highest BCUT2D eigenvalue weighted by Gasteiger charge is 2.33. The van der Waals surface area contributed by atoms with Gasteiger partial charge in [-0.15, -0.1) is 0 Å². The molecule has 0 aliphatic carbocycles. The van der Waals surface area contributed by atoms with Crippen LogP contribution in [-0.2, 0) is 0 Å². The Morgan fingerprint density at radius 2 is 2.05 bits per heavy atom. The molecule has 5 heteroatoms. The van der Waals surface area contributed by atoms with Crippen molar-refractivity contribution in [2.24, 2.45) is 5.41 Å². The van der Waals surface area contributed by atoms with Crippen LogP contribution in [0.2, 0.25) is 5.02 Å². The van der Waals surface area contributed by atoms with Crippen molar-refractivity contribution >= 4 is 11.6 Å². The minimum Gasteiger partial charge on any atom is -0.467 e. The third kappa shape index (κ3) is 3.77. The molecule has 1 N–H and O–H groups in total. The van der Waals surface area contributed by atoms with E-state index in [0.717, 1.165) is 5.56 Å². The van der Waals surface area contributed by atoms with Gasteiger partial charge >= 0.3 is 0 Å². The third-order valence-electron chi connectivity index (χ3n) is 3.36. The molecule has 114 valence electrons. The minimum absolute atomic E-state index is 0.324. The van der Waals surface area contributed by atoms with Crippen molar-refractivity contribution in [3.05, 3.63) is 47.5 Å². The summed E-state index contributed by atoms with van der Waals surface area (Å²) in [5, 5.41) is 11.3. The molecule has 0 amide bonds. The largest absolute Gasteiger partial charge is 0.467 e. The first-order valence-corrected chi connectivity index (χ1v) is 7.25. The second-order valence-electron chi connectivity index (χ2n) is 6.24. The van der Waals surface area contributed by atoms with Gasteiger partial charge in [-0.2, -0.15) is 0 Å². The molecule has 0 fully saturated rings. The molecule has 1 aromatic heterocycles. The summed E-state index contributed by atoms with van der Waals surface area (Å²) < 4.78 is 7.82. The fourth-order valence-electron chi connectivity index (χ4n) is 2.01. The number of aliphatic hydroxyl groups is 1. The Hall–Kier alpha value is -1.52. The molecule has 2 unspecified atom stereocenters. The monoisotopic (exact) mass is 308 g/mol. The van der Waals surface area contributed by atoms with Gasteiger partial charge < -0.3 is 9.84 Å². The predicted molar refractivity (Wildman–Crippen MR) is 83.5 cm³/mol. The van der Waals surface area contributed by atoms with Gasteiger partial charge in [0.15, 0.2) is 0 Å². The molecular weight excluding hydrogens is 288 g/mol. The van der Waals surface area contributed by atoms with Gasteiger partial charge in [-0.3, -0.25) is 4.57 Å². The molecular formula is C16H21ClN2O2. The summed E-state index contributed by atoms with van der Waals surface area (Å²) in [7, 11) is 0. The van der Waals surface area contributed by atoms with Crippen molar-refractivity contribution in [2.75, 3.05) is 0 Å². The lowest BCUT2D eigenvalue weighted by molar-refractivity contribution is -0.0677. The Balaban J connectivity index is 2.33. The molecule has 1 aromatic carbocycles. The Kier molecular flexibility index (Phi) is 4.59. The van der Waals surface area contributed by atoms with Crippen LogP contribution in [0, 0.1) is 12.3 Å². The van der Waals surface area contributed by atoms with Gasteiger partial charge in [0.2, 0.25) is 6.23 Å². The topological polar surface area (TPSA) is 47.3 Å². The number of aliphatic hydroxyl groups excluding tert-OH is 1. The molecule has 0 saturated carbocycles. The van der Waals surface area contributed by atoms with E-state index in [2.05, 4.69) is 4.98 Å². The van der Waals surface area contributed by atoms with Crippen molar-refractivity contribution in [3.8, 4) is 5.75 Å². The van der Waals surface area contributed by atoms with Crippen LogP contribution in [-0.4, -0.2) is 20.8 Å². The van der Waals surface area contributed by atoms with Crippen molar-refractivity contribution in [3.63, 3.8) is 0 Å². The number of rotatable bonds is 4. The lowest BCUT2D eigenvalue weighted by Gasteiger charge is -2.34. The summed E-state index contributed by atoms with van der Waals surface area (Å²) in [5.41, 5.74) is 0.601. The fourth-order valence-corrected chi connectivity index (χ4v) is 2.24. The van der Waals surface area contributed by atoms with Gasteiger partial charge in [-0.05, 0) is 36.1 Å². The van der Waals surface area contributed by atoms with Crippen LogP contribution < -0.4 is 4.74 Å². The van der Waals surface area contributed by atoms with Gasteiger partial charge in [-0.25, -0.2) is 4.98 Å². The first-order chi connectivity index (χ1) is 9.79. The summed E-state index contributed by atoms with van der Waals surface area (Å²) in [6.07, 6.45) is 3.85. The SMILES string of the molecule is Cc1cc(Cl)ccc1OC(C(O)C(C)(C)C)n1ccnc1. The minimum atomic E-state index is -0.693. The molecule has 21 heavy (non-hydrogen) atoms. The van der Waals surface area contributed by atoms with E-state index in [1.54, 1.807) is 29.4 Å². The summed E-state index contributed by atoms with van der Waals surface area (Å²) >= 11 is 5.97. The van der Waals surface area contributed by atoms with E-state index < -0.39 is 12.3 Å². The van der Waals surface area contributed by atoms with Crippen molar-refractivity contribution in [1.82, 2.24) is 9.55 Å². The Morgan fingerprint density at radius 1 is 1.33 bits per heavy atom. The number of benzene rings is 1. The van der Waals surface area contributed by atoms with E-state index >= 15 is 0 Å². The molecule has 2 rings (SSSR count). The molecule has 0 radical (unpaired) electrons. The molecule has 0 aliphatic rings. The molecule has 2 aromatic rings. The highest BCUT2D eigenvalue weighted by atomic mass is 35.5. The normalized spacial score (nSPS) is 14.8. The number of aromatic nitrogens is 2.